The van der Waals surface area contributed by atoms with Gasteiger partial charge >= 0.3 is 0 Å². The van der Waals surface area contributed by atoms with Gasteiger partial charge in [-0.1, -0.05) is 76.7 Å². The molecule has 1 N–H and O–H groups in total. The fourth-order valence-corrected chi connectivity index (χ4v) is 4.47. The molecule has 0 radical (unpaired) electrons. The van der Waals surface area contributed by atoms with Gasteiger partial charge in [0.15, 0.2) is 0 Å². The second kappa shape index (κ2) is 8.65. The van der Waals surface area contributed by atoms with Crippen molar-refractivity contribution in [2.24, 2.45) is 0 Å². The molecular formula is C27H32O. The molecule has 0 unspecified atom stereocenters. The maximum absolute atomic E-state index is 11.5. The highest BCUT2D eigenvalue weighted by Gasteiger charge is 2.22. The van der Waals surface area contributed by atoms with Gasteiger partial charge in [-0.25, -0.2) is 0 Å². The van der Waals surface area contributed by atoms with Crippen molar-refractivity contribution in [1.82, 2.24) is 0 Å². The molecule has 3 aromatic carbocycles. The molecular weight excluding hydrogens is 340 g/mol. The van der Waals surface area contributed by atoms with Crippen LogP contribution in [0.2, 0.25) is 0 Å². The van der Waals surface area contributed by atoms with E-state index in [4.69, 9.17) is 0 Å². The Kier molecular flexibility index (Phi) is 6.24. The van der Waals surface area contributed by atoms with Crippen molar-refractivity contribution in [3.8, 4) is 5.75 Å². The van der Waals surface area contributed by atoms with E-state index in [9.17, 15) is 5.11 Å². The smallest absolute Gasteiger partial charge is 0.127 e. The van der Waals surface area contributed by atoms with E-state index >= 15 is 0 Å². The molecule has 0 spiro atoms. The molecule has 0 aliphatic carbocycles. The average Bonchev–Trinajstić information content (AvgIpc) is 2.74. The molecule has 0 saturated heterocycles. The van der Waals surface area contributed by atoms with Crippen LogP contribution < -0.4 is 0 Å². The van der Waals surface area contributed by atoms with E-state index in [-0.39, 0.29) is 0 Å². The summed E-state index contributed by atoms with van der Waals surface area (Å²) in [5.41, 5.74) is 8.54. The fourth-order valence-electron chi connectivity index (χ4n) is 4.47. The van der Waals surface area contributed by atoms with Crippen molar-refractivity contribution in [3.63, 3.8) is 0 Å². The molecule has 28 heavy (non-hydrogen) atoms. The minimum absolute atomic E-state index is 0.468. The minimum Gasteiger partial charge on any atom is -0.507 e. The number of fused-ring (bicyclic) bond motifs is 1. The van der Waals surface area contributed by atoms with Crippen LogP contribution >= 0.6 is 0 Å². The van der Waals surface area contributed by atoms with Gasteiger partial charge in [-0.05, 0) is 64.5 Å². The van der Waals surface area contributed by atoms with E-state index in [0.29, 0.717) is 5.75 Å². The third-order valence-electron chi connectivity index (χ3n) is 5.96. The Morgan fingerprint density at radius 2 is 1.50 bits per heavy atom. The summed E-state index contributed by atoms with van der Waals surface area (Å²) >= 11 is 0. The molecule has 146 valence electrons. The van der Waals surface area contributed by atoms with Gasteiger partial charge in [0.1, 0.15) is 5.75 Å². The van der Waals surface area contributed by atoms with Crippen molar-refractivity contribution < 1.29 is 5.11 Å². The average molecular weight is 373 g/mol. The second-order valence-corrected chi connectivity index (χ2v) is 7.49. The van der Waals surface area contributed by atoms with Crippen LogP contribution in [0.1, 0.15) is 67.5 Å². The number of benzene rings is 3. The largest absolute Gasteiger partial charge is 0.507 e. The summed E-state index contributed by atoms with van der Waals surface area (Å²) in [7, 11) is 0. The number of rotatable bonds is 7. The predicted molar refractivity (Wildman–Crippen MR) is 122 cm³/mol. The molecule has 0 amide bonds. The molecule has 0 atom stereocenters. The van der Waals surface area contributed by atoms with E-state index < -0.39 is 0 Å². The zero-order valence-electron chi connectivity index (χ0n) is 17.7. The molecule has 0 bridgehead atoms. The number of phenols is 1. The monoisotopic (exact) mass is 372 g/mol. The maximum Gasteiger partial charge on any atom is 0.127 e. The van der Waals surface area contributed by atoms with E-state index in [2.05, 4.69) is 70.7 Å². The Balaban J connectivity index is 2.43. The summed E-state index contributed by atoms with van der Waals surface area (Å²) in [6.45, 7) is 13.1. The van der Waals surface area contributed by atoms with Crippen molar-refractivity contribution >= 4 is 16.3 Å². The molecule has 0 saturated carbocycles. The third-order valence-corrected chi connectivity index (χ3v) is 5.96. The summed E-state index contributed by atoms with van der Waals surface area (Å²) in [5.74, 6) is 0.468. The number of hydrogen-bond acceptors (Lipinski definition) is 1. The first-order valence-electron chi connectivity index (χ1n) is 10.6. The minimum atomic E-state index is 0.468. The molecule has 0 aliphatic heterocycles. The SMILES string of the molecule is C=C(CC)c1c(CC)c(Cc2ccccc2)c(O)c2c(CC)c(CC)ccc12. The summed E-state index contributed by atoms with van der Waals surface area (Å²) in [4.78, 5) is 0. The van der Waals surface area contributed by atoms with Crippen LogP contribution in [0.4, 0.5) is 0 Å². The molecule has 3 aromatic rings. The first-order valence-corrected chi connectivity index (χ1v) is 10.6. The fraction of sp³-hybridized carbons (Fsp3) is 0.333. The lowest BCUT2D eigenvalue weighted by Gasteiger charge is -2.23. The highest BCUT2D eigenvalue weighted by molar-refractivity contribution is 6.02. The van der Waals surface area contributed by atoms with Crippen LogP contribution in [0, 0.1) is 0 Å². The summed E-state index contributed by atoms with van der Waals surface area (Å²) < 4.78 is 0. The van der Waals surface area contributed by atoms with Gasteiger partial charge in [0.05, 0.1) is 0 Å². The summed E-state index contributed by atoms with van der Waals surface area (Å²) in [6, 6.07) is 14.9. The lowest BCUT2D eigenvalue weighted by molar-refractivity contribution is 0.474. The van der Waals surface area contributed by atoms with Crippen LogP contribution in [0.5, 0.6) is 5.75 Å². The van der Waals surface area contributed by atoms with Gasteiger partial charge in [-0.3, -0.25) is 0 Å². The molecule has 1 nitrogen and oxygen atoms in total. The zero-order chi connectivity index (χ0) is 20.3. The van der Waals surface area contributed by atoms with E-state index in [1.54, 1.807) is 0 Å². The number of allylic oxidation sites excluding steroid dienone is 1. The molecule has 1 heteroatoms. The maximum atomic E-state index is 11.5. The van der Waals surface area contributed by atoms with Gasteiger partial charge in [0.2, 0.25) is 0 Å². The van der Waals surface area contributed by atoms with Gasteiger partial charge in [0.25, 0.3) is 0 Å². The van der Waals surface area contributed by atoms with Crippen molar-refractivity contribution in [1.29, 1.82) is 0 Å². The first kappa shape index (κ1) is 20.2. The van der Waals surface area contributed by atoms with E-state index in [1.807, 2.05) is 6.07 Å². The number of hydrogen-bond donors (Lipinski definition) is 1. The van der Waals surface area contributed by atoms with Crippen molar-refractivity contribution in [3.05, 3.63) is 82.4 Å². The Labute approximate surface area is 169 Å². The molecule has 0 aromatic heterocycles. The van der Waals surface area contributed by atoms with Crippen molar-refractivity contribution in [2.75, 3.05) is 0 Å². The van der Waals surface area contributed by atoms with Crippen LogP contribution in [-0.4, -0.2) is 5.11 Å². The van der Waals surface area contributed by atoms with Gasteiger partial charge in [-0.2, -0.15) is 0 Å². The highest BCUT2D eigenvalue weighted by Crippen LogP contribution is 2.43. The number of aryl methyl sites for hydroxylation is 2. The Hall–Kier alpha value is -2.54. The molecule has 0 heterocycles. The predicted octanol–water partition coefficient (Wildman–Crippen LogP) is 7.25. The van der Waals surface area contributed by atoms with E-state index in [1.165, 1.54) is 27.8 Å². The van der Waals surface area contributed by atoms with Crippen LogP contribution in [0.15, 0.2) is 49.0 Å². The molecule has 3 rings (SSSR count). The third kappa shape index (κ3) is 3.46. The Bertz CT molecular complexity index is 996. The zero-order valence-corrected chi connectivity index (χ0v) is 17.7. The van der Waals surface area contributed by atoms with E-state index in [0.717, 1.165) is 54.0 Å². The normalized spacial score (nSPS) is 11.1. The Morgan fingerprint density at radius 1 is 0.821 bits per heavy atom. The molecule has 0 aliphatic rings. The lowest BCUT2D eigenvalue weighted by Crippen LogP contribution is -2.05. The highest BCUT2D eigenvalue weighted by atomic mass is 16.3. The topological polar surface area (TPSA) is 20.2 Å². The second-order valence-electron chi connectivity index (χ2n) is 7.49. The standard InChI is InChI=1S/C27H32O/c1-6-18(5)25-22(9-4)24(17-19-13-11-10-12-14-19)27(28)26-21(8-3)20(7-2)15-16-23(25)26/h10-16,28H,5-9,17H2,1-4H3. The summed E-state index contributed by atoms with van der Waals surface area (Å²) in [5, 5.41) is 13.7. The van der Waals surface area contributed by atoms with Gasteiger partial charge < -0.3 is 5.11 Å². The van der Waals surface area contributed by atoms with Crippen LogP contribution in [0.25, 0.3) is 16.3 Å². The van der Waals surface area contributed by atoms with Crippen LogP contribution in [-0.2, 0) is 25.7 Å². The van der Waals surface area contributed by atoms with Crippen molar-refractivity contribution in [2.45, 2.75) is 59.8 Å². The Morgan fingerprint density at radius 3 is 2.07 bits per heavy atom. The number of phenolic OH excluding ortho intramolecular Hbond substituents is 1. The van der Waals surface area contributed by atoms with Gasteiger partial charge in [0, 0.05) is 17.4 Å². The quantitative estimate of drug-likeness (QED) is 0.463. The number of aromatic hydroxyl groups is 1. The lowest BCUT2D eigenvalue weighted by atomic mass is 9.82. The first-order chi connectivity index (χ1) is 13.6. The molecule has 0 fully saturated rings. The summed E-state index contributed by atoms with van der Waals surface area (Å²) in [6.07, 6.45) is 4.44. The van der Waals surface area contributed by atoms with Gasteiger partial charge in [-0.15, -0.1) is 0 Å². The van der Waals surface area contributed by atoms with Crippen LogP contribution in [0.3, 0.4) is 0 Å².